The number of hydrogen-bond acceptors (Lipinski definition) is 3. The Hall–Kier alpha value is -1.88. The molecule has 0 aromatic heterocycles. The molecule has 0 atom stereocenters. The van der Waals surface area contributed by atoms with E-state index in [4.69, 9.17) is 0 Å². The van der Waals surface area contributed by atoms with E-state index in [2.05, 4.69) is 36.6 Å². The molecule has 0 aliphatic carbocycles. The van der Waals surface area contributed by atoms with Crippen molar-refractivity contribution in [2.24, 2.45) is 5.92 Å². The van der Waals surface area contributed by atoms with E-state index in [1.807, 2.05) is 30.1 Å². The third-order valence-corrected chi connectivity index (χ3v) is 3.52. The van der Waals surface area contributed by atoms with E-state index in [-0.39, 0.29) is 12.5 Å². The zero-order chi connectivity index (χ0) is 17.1. The molecule has 23 heavy (non-hydrogen) atoms. The molecule has 2 N–H and O–H groups in total. The highest BCUT2D eigenvalue weighted by Crippen LogP contribution is 2.02. The van der Waals surface area contributed by atoms with E-state index >= 15 is 0 Å². The van der Waals surface area contributed by atoms with Crippen LogP contribution in [0.5, 0.6) is 0 Å². The lowest BCUT2D eigenvalue weighted by molar-refractivity contribution is -0.120. The molecule has 0 heterocycles. The number of imide groups is 1. The van der Waals surface area contributed by atoms with Crippen LogP contribution >= 0.6 is 0 Å². The fraction of sp³-hybridized carbons (Fsp3) is 0.556. The third kappa shape index (κ3) is 9.68. The van der Waals surface area contributed by atoms with Gasteiger partial charge in [0.2, 0.25) is 5.91 Å². The largest absolute Gasteiger partial charge is 0.338 e. The molecular formula is C18H29N3O2. The maximum absolute atomic E-state index is 11.8. The van der Waals surface area contributed by atoms with Crippen LogP contribution in [0.4, 0.5) is 4.79 Å². The van der Waals surface area contributed by atoms with Crippen molar-refractivity contribution in [3.8, 4) is 0 Å². The van der Waals surface area contributed by atoms with Gasteiger partial charge >= 0.3 is 6.03 Å². The summed E-state index contributed by atoms with van der Waals surface area (Å²) >= 11 is 0. The molecule has 0 fully saturated rings. The average molecular weight is 319 g/mol. The number of urea groups is 1. The van der Waals surface area contributed by atoms with Crippen LogP contribution in [-0.2, 0) is 11.2 Å². The van der Waals surface area contributed by atoms with Gasteiger partial charge in [0.1, 0.15) is 0 Å². The van der Waals surface area contributed by atoms with Crippen molar-refractivity contribution in [1.82, 2.24) is 15.5 Å². The van der Waals surface area contributed by atoms with Crippen LogP contribution in [0, 0.1) is 5.92 Å². The van der Waals surface area contributed by atoms with Crippen molar-refractivity contribution in [2.45, 2.75) is 33.1 Å². The first-order chi connectivity index (χ1) is 11.0. The normalized spacial score (nSPS) is 10.8. The van der Waals surface area contributed by atoms with Gasteiger partial charge in [0, 0.05) is 6.54 Å². The first-order valence-electron chi connectivity index (χ1n) is 8.27. The van der Waals surface area contributed by atoms with Crippen LogP contribution in [0.15, 0.2) is 30.3 Å². The van der Waals surface area contributed by atoms with Crippen LogP contribution in [0.1, 0.15) is 32.3 Å². The molecule has 0 unspecified atom stereocenters. The van der Waals surface area contributed by atoms with Gasteiger partial charge in [-0.1, -0.05) is 44.2 Å². The van der Waals surface area contributed by atoms with Crippen LogP contribution in [0.3, 0.4) is 0 Å². The van der Waals surface area contributed by atoms with Gasteiger partial charge in [0.25, 0.3) is 0 Å². The van der Waals surface area contributed by atoms with Crippen molar-refractivity contribution in [1.29, 1.82) is 0 Å². The second kappa shape index (κ2) is 10.8. The van der Waals surface area contributed by atoms with Crippen molar-refractivity contribution in [3.05, 3.63) is 35.9 Å². The Balaban J connectivity index is 2.14. The molecular weight excluding hydrogens is 290 g/mol. The van der Waals surface area contributed by atoms with E-state index < -0.39 is 6.03 Å². The maximum atomic E-state index is 11.8. The van der Waals surface area contributed by atoms with Gasteiger partial charge in [-0.15, -0.1) is 0 Å². The van der Waals surface area contributed by atoms with Gasteiger partial charge < -0.3 is 5.32 Å². The standard InChI is InChI=1S/C18H29N3O2/c1-15(2)11-12-19-18(23)20-17(22)14-21(3)13-7-10-16-8-5-4-6-9-16/h4-6,8-9,15H,7,10-14H2,1-3H3,(H2,19,20,22,23). The lowest BCUT2D eigenvalue weighted by atomic mass is 10.1. The number of rotatable bonds is 9. The van der Waals surface area contributed by atoms with Gasteiger partial charge in [0.15, 0.2) is 0 Å². The topological polar surface area (TPSA) is 61.4 Å². The molecule has 1 rings (SSSR count). The number of hydrogen-bond donors (Lipinski definition) is 2. The number of benzene rings is 1. The summed E-state index contributed by atoms with van der Waals surface area (Å²) in [5, 5.41) is 5.06. The lowest BCUT2D eigenvalue weighted by Crippen LogP contribution is -2.44. The Morgan fingerprint density at radius 3 is 2.52 bits per heavy atom. The summed E-state index contributed by atoms with van der Waals surface area (Å²) in [6, 6.07) is 9.87. The van der Waals surface area contributed by atoms with Gasteiger partial charge in [-0.3, -0.25) is 15.0 Å². The highest BCUT2D eigenvalue weighted by molar-refractivity contribution is 5.95. The average Bonchev–Trinajstić information content (AvgIpc) is 2.47. The molecule has 0 aliphatic rings. The first kappa shape index (κ1) is 19.2. The monoisotopic (exact) mass is 319 g/mol. The predicted molar refractivity (Wildman–Crippen MR) is 93.3 cm³/mol. The summed E-state index contributed by atoms with van der Waals surface area (Å²) < 4.78 is 0. The van der Waals surface area contributed by atoms with Crippen LogP contribution < -0.4 is 10.6 Å². The van der Waals surface area contributed by atoms with Crippen molar-refractivity contribution in [2.75, 3.05) is 26.7 Å². The molecule has 1 aromatic rings. The Morgan fingerprint density at radius 1 is 1.17 bits per heavy atom. The fourth-order valence-electron chi connectivity index (χ4n) is 2.21. The Kier molecular flexibility index (Phi) is 8.98. The van der Waals surface area contributed by atoms with Gasteiger partial charge in [0.05, 0.1) is 6.54 Å². The second-order valence-corrected chi connectivity index (χ2v) is 6.31. The van der Waals surface area contributed by atoms with E-state index in [0.717, 1.165) is 25.8 Å². The first-order valence-corrected chi connectivity index (χ1v) is 8.27. The lowest BCUT2D eigenvalue weighted by Gasteiger charge is -2.16. The van der Waals surface area contributed by atoms with Crippen LogP contribution in [0.25, 0.3) is 0 Å². The Morgan fingerprint density at radius 2 is 1.87 bits per heavy atom. The molecule has 3 amide bonds. The summed E-state index contributed by atoms with van der Waals surface area (Å²) in [6.07, 6.45) is 2.87. The molecule has 0 saturated carbocycles. The zero-order valence-electron chi connectivity index (χ0n) is 14.5. The van der Waals surface area contributed by atoms with Gasteiger partial charge in [-0.05, 0) is 44.3 Å². The Bertz CT molecular complexity index is 474. The summed E-state index contributed by atoms with van der Waals surface area (Å²) in [5.74, 6) is 0.260. The minimum atomic E-state index is -0.409. The number of carbonyl (C=O) groups is 2. The minimum Gasteiger partial charge on any atom is -0.338 e. The fourth-order valence-corrected chi connectivity index (χ4v) is 2.21. The van der Waals surface area contributed by atoms with E-state index in [1.165, 1.54) is 5.56 Å². The van der Waals surface area contributed by atoms with E-state index in [9.17, 15) is 9.59 Å². The van der Waals surface area contributed by atoms with Crippen molar-refractivity contribution < 1.29 is 9.59 Å². The molecule has 1 aromatic carbocycles. The zero-order valence-corrected chi connectivity index (χ0v) is 14.5. The summed E-state index contributed by atoms with van der Waals surface area (Å²) in [6.45, 7) is 5.82. The summed E-state index contributed by atoms with van der Waals surface area (Å²) in [4.78, 5) is 25.3. The Labute approximate surface area is 139 Å². The summed E-state index contributed by atoms with van der Waals surface area (Å²) in [5.41, 5.74) is 1.30. The smallest absolute Gasteiger partial charge is 0.321 e. The molecule has 128 valence electrons. The molecule has 0 bridgehead atoms. The maximum Gasteiger partial charge on any atom is 0.321 e. The number of carbonyl (C=O) groups excluding carboxylic acids is 2. The van der Waals surface area contributed by atoms with Crippen molar-refractivity contribution in [3.63, 3.8) is 0 Å². The third-order valence-electron chi connectivity index (χ3n) is 3.52. The molecule has 0 aliphatic heterocycles. The number of likely N-dealkylation sites (N-methyl/N-ethyl adjacent to an activating group) is 1. The number of amides is 3. The molecule has 5 heteroatoms. The highest BCUT2D eigenvalue weighted by atomic mass is 16.2. The molecule has 0 spiro atoms. The minimum absolute atomic E-state index is 0.229. The van der Waals surface area contributed by atoms with Gasteiger partial charge in [-0.2, -0.15) is 0 Å². The molecule has 0 radical (unpaired) electrons. The number of aryl methyl sites for hydroxylation is 1. The molecule has 0 saturated heterocycles. The highest BCUT2D eigenvalue weighted by Gasteiger charge is 2.10. The van der Waals surface area contributed by atoms with Crippen LogP contribution in [0.2, 0.25) is 0 Å². The number of nitrogens with zero attached hydrogens (tertiary/aromatic N) is 1. The predicted octanol–water partition coefficient (Wildman–Crippen LogP) is 2.42. The van der Waals surface area contributed by atoms with Gasteiger partial charge in [-0.25, -0.2) is 4.79 Å². The summed E-state index contributed by atoms with van der Waals surface area (Å²) in [7, 11) is 1.89. The van der Waals surface area contributed by atoms with E-state index in [0.29, 0.717) is 12.5 Å². The van der Waals surface area contributed by atoms with Crippen LogP contribution in [-0.4, -0.2) is 43.5 Å². The SMILES string of the molecule is CC(C)CCNC(=O)NC(=O)CN(C)CCCc1ccccc1. The van der Waals surface area contributed by atoms with E-state index in [1.54, 1.807) is 0 Å². The molecule has 5 nitrogen and oxygen atoms in total. The van der Waals surface area contributed by atoms with Crippen molar-refractivity contribution >= 4 is 11.9 Å². The quantitative estimate of drug-likeness (QED) is 0.735. The second-order valence-electron chi connectivity index (χ2n) is 6.31. The number of nitrogens with one attached hydrogen (secondary N) is 2.